The van der Waals surface area contributed by atoms with Crippen LogP contribution in [0.2, 0.25) is 0 Å². The third-order valence-corrected chi connectivity index (χ3v) is 5.81. The monoisotopic (exact) mass is 456 g/mol. The summed E-state index contributed by atoms with van der Waals surface area (Å²) in [6.45, 7) is 1.39. The van der Waals surface area contributed by atoms with Crippen LogP contribution >= 0.6 is 0 Å². The normalized spacial score (nSPS) is 13.2. The van der Waals surface area contributed by atoms with Crippen LogP contribution in [-0.4, -0.2) is 20.4 Å². The van der Waals surface area contributed by atoms with Gasteiger partial charge in [-0.3, -0.25) is 19.1 Å². The number of ether oxygens (including phenoxy) is 1. The lowest BCUT2D eigenvalue weighted by Gasteiger charge is -2.10. The Morgan fingerprint density at radius 3 is 2.38 bits per heavy atom. The molecule has 34 heavy (non-hydrogen) atoms. The Labute approximate surface area is 195 Å². The summed E-state index contributed by atoms with van der Waals surface area (Å²) in [4.78, 5) is 43.7. The van der Waals surface area contributed by atoms with Crippen LogP contribution in [0.5, 0.6) is 0 Å². The summed E-state index contributed by atoms with van der Waals surface area (Å²) in [5.41, 5.74) is 2.70. The van der Waals surface area contributed by atoms with Gasteiger partial charge in [-0.25, -0.2) is 9.78 Å². The number of H-pyrrole nitrogens is 1. The Kier molecular flexibility index (Phi) is 6.05. The number of benzene rings is 2. The van der Waals surface area contributed by atoms with Gasteiger partial charge in [0.1, 0.15) is 5.65 Å². The molecule has 0 radical (unpaired) electrons. The molecular weight excluding hydrogens is 432 g/mol. The fourth-order valence-electron chi connectivity index (χ4n) is 3.83. The molecule has 1 fully saturated rings. The lowest BCUT2D eigenvalue weighted by molar-refractivity contribution is 0.0950. The van der Waals surface area contributed by atoms with E-state index >= 15 is 0 Å². The van der Waals surface area contributed by atoms with Crippen molar-refractivity contribution in [2.45, 2.75) is 38.6 Å². The number of carbonyl (C=O) groups excluding carboxylic acids is 1. The zero-order valence-corrected chi connectivity index (χ0v) is 18.5. The zero-order valence-electron chi connectivity index (χ0n) is 18.5. The second-order valence-electron chi connectivity index (χ2n) is 8.43. The van der Waals surface area contributed by atoms with Crippen LogP contribution < -0.4 is 16.6 Å². The molecule has 5 rings (SSSR count). The van der Waals surface area contributed by atoms with Crippen molar-refractivity contribution in [3.63, 3.8) is 0 Å². The molecule has 0 atom stereocenters. The molecule has 8 heteroatoms. The standard InChI is InChI=1S/C26H24N4O4/c31-24(20-12-22-23(27-14-20)30(21-10-11-21)26(33)29-25(22)32)28-13-17-6-8-19(9-7-17)16-34-15-18-4-2-1-3-5-18/h1-9,12,14,21H,10-11,13,15-16H2,(H,28,31)(H,29,32,33). The quantitative estimate of drug-likeness (QED) is 0.424. The summed E-state index contributed by atoms with van der Waals surface area (Å²) in [5, 5.41) is 3.09. The van der Waals surface area contributed by atoms with Crippen LogP contribution in [0.3, 0.4) is 0 Å². The highest BCUT2D eigenvalue weighted by Gasteiger charge is 2.27. The first-order chi connectivity index (χ1) is 16.6. The van der Waals surface area contributed by atoms with Gasteiger partial charge in [-0.2, -0.15) is 0 Å². The third-order valence-electron chi connectivity index (χ3n) is 5.81. The van der Waals surface area contributed by atoms with Crippen molar-refractivity contribution in [2.75, 3.05) is 0 Å². The first kappa shape index (κ1) is 21.8. The van der Waals surface area contributed by atoms with Gasteiger partial charge in [-0.1, -0.05) is 54.6 Å². The fraction of sp³-hybridized carbons (Fsp3) is 0.231. The van der Waals surface area contributed by atoms with Crippen molar-refractivity contribution < 1.29 is 9.53 Å². The molecule has 0 saturated heterocycles. The number of aromatic amines is 1. The summed E-state index contributed by atoms with van der Waals surface area (Å²) >= 11 is 0. The summed E-state index contributed by atoms with van der Waals surface area (Å²) in [5.74, 6) is -0.340. The average molecular weight is 457 g/mol. The lowest BCUT2D eigenvalue weighted by atomic mass is 10.1. The highest BCUT2D eigenvalue weighted by atomic mass is 16.5. The first-order valence-corrected chi connectivity index (χ1v) is 11.2. The van der Waals surface area contributed by atoms with Gasteiger partial charge < -0.3 is 10.1 Å². The van der Waals surface area contributed by atoms with Crippen molar-refractivity contribution in [3.8, 4) is 0 Å². The Hall–Kier alpha value is -4.04. The molecular formula is C26H24N4O4. The molecule has 2 heterocycles. The highest BCUT2D eigenvalue weighted by molar-refractivity contribution is 5.96. The largest absolute Gasteiger partial charge is 0.372 e. The number of rotatable bonds is 8. The van der Waals surface area contributed by atoms with Gasteiger partial charge in [0, 0.05) is 18.8 Å². The van der Waals surface area contributed by atoms with Gasteiger partial charge in [-0.05, 0) is 35.6 Å². The van der Waals surface area contributed by atoms with E-state index in [0.717, 1.165) is 29.5 Å². The number of hydrogen-bond donors (Lipinski definition) is 2. The van der Waals surface area contributed by atoms with E-state index in [1.807, 2.05) is 54.6 Å². The summed E-state index contributed by atoms with van der Waals surface area (Å²) in [7, 11) is 0. The Morgan fingerprint density at radius 2 is 1.68 bits per heavy atom. The van der Waals surface area contributed by atoms with Crippen LogP contribution in [0, 0.1) is 0 Å². The SMILES string of the molecule is O=C(NCc1ccc(COCc2ccccc2)cc1)c1cnc2c(c1)c(=O)[nH]c(=O)n2C1CC1. The summed E-state index contributed by atoms with van der Waals surface area (Å²) < 4.78 is 7.26. The van der Waals surface area contributed by atoms with Crippen molar-refractivity contribution in [3.05, 3.63) is 110 Å². The van der Waals surface area contributed by atoms with Gasteiger partial charge >= 0.3 is 5.69 Å². The molecule has 0 unspecified atom stereocenters. The number of aromatic nitrogens is 3. The van der Waals surface area contributed by atoms with E-state index in [2.05, 4.69) is 15.3 Å². The van der Waals surface area contributed by atoms with Gasteiger partial charge in [0.05, 0.1) is 24.2 Å². The molecule has 1 amide bonds. The van der Waals surface area contributed by atoms with Crippen molar-refractivity contribution in [1.82, 2.24) is 19.9 Å². The molecule has 8 nitrogen and oxygen atoms in total. The second kappa shape index (κ2) is 9.44. The van der Waals surface area contributed by atoms with Crippen LogP contribution in [0.4, 0.5) is 0 Å². The Balaban J connectivity index is 1.20. The summed E-state index contributed by atoms with van der Waals surface area (Å²) in [6.07, 6.45) is 3.16. The van der Waals surface area contributed by atoms with Crippen LogP contribution in [0.15, 0.2) is 76.4 Å². The molecule has 1 aliphatic carbocycles. The Bertz CT molecular complexity index is 1440. The minimum atomic E-state index is -0.538. The zero-order chi connectivity index (χ0) is 23.5. The number of carbonyl (C=O) groups is 1. The molecule has 2 N–H and O–H groups in total. The average Bonchev–Trinajstić information content (AvgIpc) is 3.69. The van der Waals surface area contributed by atoms with Gasteiger partial charge in [-0.15, -0.1) is 0 Å². The van der Waals surface area contributed by atoms with Crippen molar-refractivity contribution >= 4 is 16.9 Å². The molecule has 172 valence electrons. The van der Waals surface area contributed by atoms with Crippen molar-refractivity contribution in [2.24, 2.45) is 0 Å². The third kappa shape index (κ3) is 4.82. The fourth-order valence-corrected chi connectivity index (χ4v) is 3.83. The number of fused-ring (bicyclic) bond motifs is 1. The van der Waals surface area contributed by atoms with E-state index < -0.39 is 11.2 Å². The first-order valence-electron chi connectivity index (χ1n) is 11.2. The van der Waals surface area contributed by atoms with Crippen LogP contribution in [0.25, 0.3) is 11.0 Å². The predicted octanol–water partition coefficient (Wildman–Crippen LogP) is 3.07. The summed E-state index contributed by atoms with van der Waals surface area (Å²) in [6, 6.07) is 19.4. The van der Waals surface area contributed by atoms with Gasteiger partial charge in [0.15, 0.2) is 0 Å². The maximum atomic E-state index is 12.7. The number of nitrogens with zero attached hydrogens (tertiary/aromatic N) is 2. The van der Waals surface area contributed by atoms with Gasteiger partial charge in [0.2, 0.25) is 0 Å². The predicted molar refractivity (Wildman–Crippen MR) is 127 cm³/mol. The van der Waals surface area contributed by atoms with E-state index in [1.165, 1.54) is 16.8 Å². The van der Waals surface area contributed by atoms with E-state index in [0.29, 0.717) is 25.4 Å². The molecule has 0 aliphatic heterocycles. The molecule has 4 aromatic rings. The number of pyridine rings is 1. The molecule has 0 bridgehead atoms. The number of nitrogens with one attached hydrogen (secondary N) is 2. The van der Waals surface area contributed by atoms with E-state index in [4.69, 9.17) is 4.74 Å². The minimum absolute atomic E-state index is 0.0609. The topological polar surface area (TPSA) is 106 Å². The molecule has 1 saturated carbocycles. The van der Waals surface area contributed by atoms with Crippen LogP contribution in [0.1, 0.15) is 45.9 Å². The van der Waals surface area contributed by atoms with E-state index in [9.17, 15) is 14.4 Å². The number of hydrogen-bond acceptors (Lipinski definition) is 5. The highest BCUT2D eigenvalue weighted by Crippen LogP contribution is 2.34. The van der Waals surface area contributed by atoms with Gasteiger partial charge in [0.25, 0.3) is 11.5 Å². The smallest absolute Gasteiger partial charge is 0.330 e. The maximum Gasteiger partial charge on any atom is 0.330 e. The lowest BCUT2D eigenvalue weighted by Crippen LogP contribution is -2.31. The maximum absolute atomic E-state index is 12.7. The molecule has 2 aromatic carbocycles. The number of amides is 1. The molecule has 1 aliphatic rings. The Morgan fingerprint density at radius 1 is 1.00 bits per heavy atom. The minimum Gasteiger partial charge on any atom is -0.372 e. The van der Waals surface area contributed by atoms with Crippen LogP contribution in [-0.2, 0) is 24.5 Å². The second-order valence-corrected chi connectivity index (χ2v) is 8.43. The molecule has 0 spiro atoms. The van der Waals surface area contributed by atoms with E-state index in [-0.39, 0.29) is 22.9 Å². The van der Waals surface area contributed by atoms with E-state index in [1.54, 1.807) is 0 Å². The molecule has 2 aromatic heterocycles. The van der Waals surface area contributed by atoms with Crippen molar-refractivity contribution in [1.29, 1.82) is 0 Å².